The largest absolute Gasteiger partial charge is 0.432 e. The second-order valence-corrected chi connectivity index (χ2v) is 4.26. The maximum absolute atomic E-state index is 12.4. The van der Waals surface area contributed by atoms with Crippen molar-refractivity contribution < 1.29 is 23.0 Å². The van der Waals surface area contributed by atoms with Crippen LogP contribution in [0.3, 0.4) is 0 Å². The Morgan fingerprint density at radius 1 is 1.33 bits per heavy atom. The van der Waals surface area contributed by atoms with Crippen molar-refractivity contribution in [3.8, 4) is 5.75 Å². The van der Waals surface area contributed by atoms with Gasteiger partial charge in [0.2, 0.25) is 0 Å². The fraction of sp³-hybridized carbons (Fsp3) is 0.286. The molecule has 0 aliphatic heterocycles. The van der Waals surface area contributed by atoms with Gasteiger partial charge in [-0.2, -0.15) is 8.78 Å². The van der Waals surface area contributed by atoms with Gasteiger partial charge in [0.15, 0.2) is 5.75 Å². The summed E-state index contributed by atoms with van der Waals surface area (Å²) in [5, 5.41) is 3.18. The van der Waals surface area contributed by atoms with Gasteiger partial charge in [-0.05, 0) is 31.2 Å². The number of methoxy groups -OCH3 is 1. The van der Waals surface area contributed by atoms with Gasteiger partial charge in [0, 0.05) is 18.7 Å². The Balaban J connectivity index is 2.40. The molecular weight excluding hydrogens is 282 g/mol. The van der Waals surface area contributed by atoms with Crippen molar-refractivity contribution in [2.45, 2.75) is 19.6 Å². The normalized spacial score (nSPS) is 12.4. The van der Waals surface area contributed by atoms with Crippen molar-refractivity contribution in [2.24, 2.45) is 0 Å². The van der Waals surface area contributed by atoms with Gasteiger partial charge in [0.1, 0.15) is 11.6 Å². The number of amides is 1. The first-order chi connectivity index (χ1) is 10.0. The van der Waals surface area contributed by atoms with Crippen LogP contribution >= 0.6 is 0 Å². The van der Waals surface area contributed by atoms with Gasteiger partial charge in [-0.3, -0.25) is 9.78 Å². The number of alkyl halides is 2. The summed E-state index contributed by atoms with van der Waals surface area (Å²) in [6, 6.07) is 6.13. The van der Waals surface area contributed by atoms with E-state index >= 15 is 0 Å². The predicted octanol–water partition coefficient (Wildman–Crippen LogP) is 2.81. The molecular formula is C14H14F2N2O3. The van der Waals surface area contributed by atoms with Crippen molar-refractivity contribution in [2.75, 3.05) is 12.4 Å². The molecule has 0 unspecified atom stereocenters. The van der Waals surface area contributed by atoms with Crippen LogP contribution in [0.25, 0.3) is 10.9 Å². The SMILES string of the molecule is CO[C@H](C)C(=O)Nc1ccc(OC(F)F)c2ncccc12. The van der Waals surface area contributed by atoms with Gasteiger partial charge in [-0.15, -0.1) is 0 Å². The molecule has 0 spiro atoms. The van der Waals surface area contributed by atoms with Crippen LogP contribution < -0.4 is 10.1 Å². The molecule has 0 saturated heterocycles. The van der Waals surface area contributed by atoms with Crippen LogP contribution in [-0.2, 0) is 9.53 Å². The maximum Gasteiger partial charge on any atom is 0.387 e. The van der Waals surface area contributed by atoms with E-state index < -0.39 is 12.7 Å². The molecule has 7 heteroatoms. The number of pyridine rings is 1. The van der Waals surface area contributed by atoms with E-state index in [1.165, 1.54) is 25.4 Å². The number of carbonyl (C=O) groups is 1. The van der Waals surface area contributed by atoms with Gasteiger partial charge in [0.25, 0.3) is 5.91 Å². The molecule has 0 aliphatic rings. The lowest BCUT2D eigenvalue weighted by atomic mass is 10.1. The van der Waals surface area contributed by atoms with E-state index in [-0.39, 0.29) is 17.2 Å². The summed E-state index contributed by atoms with van der Waals surface area (Å²) in [5.74, 6) is -0.386. The maximum atomic E-state index is 12.4. The number of anilines is 1. The van der Waals surface area contributed by atoms with E-state index in [0.29, 0.717) is 11.1 Å². The van der Waals surface area contributed by atoms with E-state index in [0.717, 1.165) is 0 Å². The molecule has 1 aromatic heterocycles. The average Bonchev–Trinajstić information content (AvgIpc) is 2.48. The fourth-order valence-corrected chi connectivity index (χ4v) is 1.79. The highest BCUT2D eigenvalue weighted by molar-refractivity contribution is 6.03. The Bertz CT molecular complexity index is 649. The number of fused-ring (bicyclic) bond motifs is 1. The zero-order valence-electron chi connectivity index (χ0n) is 11.5. The molecule has 112 valence electrons. The lowest BCUT2D eigenvalue weighted by Crippen LogP contribution is -2.26. The first-order valence-corrected chi connectivity index (χ1v) is 6.19. The summed E-state index contributed by atoms with van der Waals surface area (Å²) in [4.78, 5) is 15.9. The van der Waals surface area contributed by atoms with Crippen LogP contribution in [-0.4, -0.2) is 30.7 Å². The molecule has 1 N–H and O–H groups in total. The summed E-state index contributed by atoms with van der Waals surface area (Å²) in [5.41, 5.74) is 0.703. The van der Waals surface area contributed by atoms with Gasteiger partial charge < -0.3 is 14.8 Å². The number of hydrogen-bond donors (Lipinski definition) is 1. The number of hydrogen-bond acceptors (Lipinski definition) is 4. The quantitative estimate of drug-likeness (QED) is 0.921. The topological polar surface area (TPSA) is 60.5 Å². The standard InChI is InChI=1S/C14H14F2N2O3/c1-8(20-2)13(19)18-10-5-6-11(21-14(15)16)12-9(10)4-3-7-17-12/h3-8,14H,1-2H3,(H,18,19)/t8-/m1/s1. The van der Waals surface area contributed by atoms with Gasteiger partial charge in [0.05, 0.1) is 5.69 Å². The number of benzene rings is 1. The molecule has 0 saturated carbocycles. The molecule has 0 radical (unpaired) electrons. The summed E-state index contributed by atoms with van der Waals surface area (Å²) in [6.45, 7) is -1.34. The zero-order chi connectivity index (χ0) is 15.4. The minimum absolute atomic E-state index is 0.0432. The molecule has 1 aromatic carbocycles. The molecule has 1 amide bonds. The third-order valence-corrected chi connectivity index (χ3v) is 2.93. The third-order valence-electron chi connectivity index (χ3n) is 2.93. The minimum Gasteiger partial charge on any atom is -0.432 e. The van der Waals surface area contributed by atoms with Crippen molar-refractivity contribution >= 4 is 22.5 Å². The number of halogens is 2. The first kappa shape index (κ1) is 15.1. The Labute approximate surface area is 119 Å². The van der Waals surface area contributed by atoms with Crippen LogP contribution in [0.15, 0.2) is 30.5 Å². The smallest absolute Gasteiger partial charge is 0.387 e. The van der Waals surface area contributed by atoms with Crippen molar-refractivity contribution in [1.82, 2.24) is 4.98 Å². The van der Waals surface area contributed by atoms with Crippen LogP contribution in [0, 0.1) is 0 Å². The van der Waals surface area contributed by atoms with Crippen LogP contribution in [0.2, 0.25) is 0 Å². The van der Waals surface area contributed by atoms with Crippen LogP contribution in [0.4, 0.5) is 14.5 Å². The number of nitrogens with one attached hydrogen (secondary N) is 1. The molecule has 21 heavy (non-hydrogen) atoms. The molecule has 2 rings (SSSR count). The summed E-state index contributed by atoms with van der Waals surface area (Å²) < 4.78 is 34.1. The Morgan fingerprint density at radius 3 is 2.76 bits per heavy atom. The van der Waals surface area contributed by atoms with E-state index in [1.807, 2.05) is 0 Å². The zero-order valence-corrected chi connectivity index (χ0v) is 11.5. The minimum atomic E-state index is -2.94. The molecule has 0 bridgehead atoms. The molecule has 5 nitrogen and oxygen atoms in total. The fourth-order valence-electron chi connectivity index (χ4n) is 1.79. The Hall–Kier alpha value is -2.28. The van der Waals surface area contributed by atoms with Crippen molar-refractivity contribution in [3.05, 3.63) is 30.5 Å². The molecule has 1 heterocycles. The van der Waals surface area contributed by atoms with Gasteiger partial charge in [-0.25, -0.2) is 0 Å². The first-order valence-electron chi connectivity index (χ1n) is 6.19. The van der Waals surface area contributed by atoms with E-state index in [2.05, 4.69) is 15.0 Å². The van der Waals surface area contributed by atoms with Crippen LogP contribution in [0.5, 0.6) is 5.75 Å². The molecule has 1 atom stereocenters. The summed E-state index contributed by atoms with van der Waals surface area (Å²) >= 11 is 0. The third kappa shape index (κ3) is 3.43. The summed E-state index contributed by atoms with van der Waals surface area (Å²) in [6.07, 6.45) is 0.832. The highest BCUT2D eigenvalue weighted by Gasteiger charge is 2.16. The highest BCUT2D eigenvalue weighted by Crippen LogP contribution is 2.31. The second kappa shape index (κ2) is 6.45. The van der Waals surface area contributed by atoms with E-state index in [9.17, 15) is 13.6 Å². The molecule has 0 aliphatic carbocycles. The molecule has 2 aromatic rings. The highest BCUT2D eigenvalue weighted by atomic mass is 19.3. The lowest BCUT2D eigenvalue weighted by molar-refractivity contribution is -0.124. The monoisotopic (exact) mass is 296 g/mol. The Kier molecular flexibility index (Phi) is 4.64. The van der Waals surface area contributed by atoms with Crippen molar-refractivity contribution in [3.63, 3.8) is 0 Å². The number of ether oxygens (including phenoxy) is 2. The summed E-state index contributed by atoms with van der Waals surface area (Å²) in [7, 11) is 1.42. The van der Waals surface area contributed by atoms with Gasteiger partial charge >= 0.3 is 6.61 Å². The number of carbonyl (C=O) groups excluding carboxylic acids is 1. The van der Waals surface area contributed by atoms with E-state index in [4.69, 9.17) is 4.74 Å². The number of nitrogens with zero attached hydrogens (tertiary/aromatic N) is 1. The lowest BCUT2D eigenvalue weighted by Gasteiger charge is -2.14. The number of aromatic nitrogens is 1. The second-order valence-electron chi connectivity index (χ2n) is 4.26. The molecule has 0 fully saturated rings. The average molecular weight is 296 g/mol. The predicted molar refractivity (Wildman–Crippen MR) is 73.5 cm³/mol. The van der Waals surface area contributed by atoms with Gasteiger partial charge in [-0.1, -0.05) is 0 Å². The van der Waals surface area contributed by atoms with Crippen molar-refractivity contribution in [1.29, 1.82) is 0 Å². The van der Waals surface area contributed by atoms with E-state index in [1.54, 1.807) is 19.1 Å². The Morgan fingerprint density at radius 2 is 2.10 bits per heavy atom. The number of rotatable bonds is 5. The van der Waals surface area contributed by atoms with Crippen LogP contribution in [0.1, 0.15) is 6.92 Å².